The van der Waals surface area contributed by atoms with Gasteiger partial charge in [-0.25, -0.2) is 14.6 Å². The van der Waals surface area contributed by atoms with Gasteiger partial charge in [0.15, 0.2) is 0 Å². The quantitative estimate of drug-likeness (QED) is 0.0300. The second kappa shape index (κ2) is 24.0. The van der Waals surface area contributed by atoms with Crippen molar-refractivity contribution in [3.63, 3.8) is 0 Å². The molecule has 0 aliphatic heterocycles. The molecule has 0 atom stereocenters. The first-order valence-corrected chi connectivity index (χ1v) is 21.3. The molecular weight excluding hydrogens is 741 g/mol. The molecule has 0 bridgehead atoms. The van der Waals surface area contributed by atoms with Crippen molar-refractivity contribution in [2.24, 2.45) is 0 Å². The van der Waals surface area contributed by atoms with E-state index < -0.39 is 11.9 Å². The van der Waals surface area contributed by atoms with Gasteiger partial charge in [-0.2, -0.15) is 0 Å². The van der Waals surface area contributed by atoms with Gasteiger partial charge in [0.25, 0.3) is 0 Å². The van der Waals surface area contributed by atoms with Crippen LogP contribution in [-0.4, -0.2) is 51.2 Å². The van der Waals surface area contributed by atoms with E-state index in [4.69, 9.17) is 19.4 Å². The highest BCUT2D eigenvalue weighted by Crippen LogP contribution is 2.34. The highest BCUT2D eigenvalue weighted by atomic mass is 16.6. The standard InChI is InChI=1S/C49H58N4O6/c1-3-5-6-7-8-9-10-11-12-13-14-15-16-17-34-50-44(54)32-22-36-18-24-39(25-19-36)46-47(40-26-20-37(21-27-40)23-33-45(55)56)52-48(51-46)41-30-28-38(29-31-41)42-35-43(59-53-42)49(57)58-4-2/h18-33,35H,3-17,34H2,1-2H3,(H,50,54)(H,51,52)(H,55,56)/b32-22?,33-23+. The number of carbonyl (C=O) groups excluding carboxylic acids is 2. The number of unbranched alkanes of at least 4 members (excludes halogenated alkanes) is 13. The van der Waals surface area contributed by atoms with E-state index in [-0.39, 0.29) is 18.3 Å². The Morgan fingerprint density at radius 1 is 0.678 bits per heavy atom. The minimum absolute atomic E-state index is 0.0379. The minimum atomic E-state index is -1.01. The van der Waals surface area contributed by atoms with E-state index in [1.165, 1.54) is 77.0 Å². The van der Waals surface area contributed by atoms with Crippen LogP contribution in [0.15, 0.2) is 95.5 Å². The average Bonchev–Trinajstić information content (AvgIpc) is 3.93. The van der Waals surface area contributed by atoms with Crippen molar-refractivity contribution in [3.05, 3.63) is 108 Å². The molecule has 0 unspecified atom stereocenters. The number of hydrogen-bond acceptors (Lipinski definition) is 7. The van der Waals surface area contributed by atoms with Gasteiger partial charge in [-0.3, -0.25) is 4.79 Å². The molecule has 0 radical (unpaired) electrons. The lowest BCUT2D eigenvalue weighted by Crippen LogP contribution is -2.21. The first-order valence-electron chi connectivity index (χ1n) is 21.3. The topological polar surface area (TPSA) is 147 Å². The van der Waals surface area contributed by atoms with Crippen molar-refractivity contribution in [2.45, 2.75) is 104 Å². The Hall–Kier alpha value is -6.03. The number of carboxylic acids is 1. The second-order valence-corrected chi connectivity index (χ2v) is 14.8. The van der Waals surface area contributed by atoms with Crippen LogP contribution in [0, 0.1) is 0 Å². The molecule has 5 aromatic rings. The van der Waals surface area contributed by atoms with E-state index in [1.54, 1.807) is 25.1 Å². The molecular formula is C49H58N4O6. The normalized spacial score (nSPS) is 11.4. The van der Waals surface area contributed by atoms with Crippen molar-refractivity contribution in [1.82, 2.24) is 20.4 Å². The summed E-state index contributed by atoms with van der Waals surface area (Å²) in [6.45, 7) is 4.91. The lowest BCUT2D eigenvalue weighted by atomic mass is 10.0. The maximum atomic E-state index is 12.6. The number of rotatable bonds is 25. The summed E-state index contributed by atoms with van der Waals surface area (Å²) in [5, 5.41) is 16.1. The van der Waals surface area contributed by atoms with Gasteiger partial charge < -0.3 is 24.7 Å². The zero-order valence-electron chi connectivity index (χ0n) is 34.5. The van der Waals surface area contributed by atoms with E-state index in [1.807, 2.05) is 78.9 Å². The first-order chi connectivity index (χ1) is 28.8. The SMILES string of the molecule is CCCCCCCCCCCCCCCCNC(=O)C=Cc1ccc(-c2[nH]c(-c3ccc(-c4cc(C(=O)OCC)on4)cc3)nc2-c2ccc(/C=C/C(=O)O)cc2)cc1. The number of hydrogen-bond donors (Lipinski definition) is 3. The van der Waals surface area contributed by atoms with Crippen molar-refractivity contribution in [1.29, 1.82) is 0 Å². The predicted octanol–water partition coefficient (Wildman–Crippen LogP) is 12.0. The molecule has 10 heteroatoms. The molecule has 1 amide bonds. The fourth-order valence-electron chi connectivity index (χ4n) is 6.88. The number of carbonyl (C=O) groups is 3. The molecule has 5 rings (SSSR count). The van der Waals surface area contributed by atoms with Crippen LogP contribution in [0.4, 0.5) is 0 Å². The van der Waals surface area contributed by atoms with Crippen LogP contribution in [0.3, 0.4) is 0 Å². The minimum Gasteiger partial charge on any atom is -0.478 e. The van der Waals surface area contributed by atoms with E-state index in [0.717, 1.165) is 63.7 Å². The number of imidazole rings is 1. The third kappa shape index (κ3) is 14.4. The zero-order valence-corrected chi connectivity index (χ0v) is 34.5. The lowest BCUT2D eigenvalue weighted by Gasteiger charge is -2.05. The maximum Gasteiger partial charge on any atom is 0.377 e. The number of benzene rings is 3. The molecule has 310 valence electrons. The van der Waals surface area contributed by atoms with Gasteiger partial charge in [0, 0.05) is 47.0 Å². The van der Waals surface area contributed by atoms with Crippen LogP contribution in [0.25, 0.3) is 57.3 Å². The molecule has 0 fully saturated rings. The fraction of sp³-hybridized carbons (Fsp3) is 0.367. The summed E-state index contributed by atoms with van der Waals surface area (Å²) in [6.07, 6.45) is 24.3. The van der Waals surface area contributed by atoms with Crippen molar-refractivity contribution in [2.75, 3.05) is 13.2 Å². The van der Waals surface area contributed by atoms with E-state index in [9.17, 15) is 14.4 Å². The Morgan fingerprint density at radius 2 is 1.20 bits per heavy atom. The Labute approximate surface area is 348 Å². The van der Waals surface area contributed by atoms with Gasteiger partial charge in [-0.1, -0.05) is 168 Å². The predicted molar refractivity (Wildman–Crippen MR) is 235 cm³/mol. The van der Waals surface area contributed by atoms with Crippen LogP contribution in [0.5, 0.6) is 0 Å². The number of nitrogens with zero attached hydrogens (tertiary/aromatic N) is 2. The lowest BCUT2D eigenvalue weighted by molar-refractivity contribution is -0.131. The number of ether oxygens (including phenoxy) is 1. The van der Waals surface area contributed by atoms with E-state index in [2.05, 4.69) is 22.4 Å². The summed E-state index contributed by atoms with van der Waals surface area (Å²) in [4.78, 5) is 44.2. The average molecular weight is 799 g/mol. The molecule has 10 nitrogen and oxygen atoms in total. The molecule has 59 heavy (non-hydrogen) atoms. The summed E-state index contributed by atoms with van der Waals surface area (Å²) >= 11 is 0. The molecule has 2 aromatic heterocycles. The van der Waals surface area contributed by atoms with Gasteiger partial charge in [0.1, 0.15) is 11.5 Å². The van der Waals surface area contributed by atoms with Crippen LogP contribution in [-0.2, 0) is 14.3 Å². The molecule has 0 spiro atoms. The van der Waals surface area contributed by atoms with Gasteiger partial charge in [-0.15, -0.1) is 0 Å². The van der Waals surface area contributed by atoms with Crippen LogP contribution in [0.1, 0.15) is 125 Å². The Bertz CT molecular complexity index is 2110. The Morgan fingerprint density at radius 3 is 1.78 bits per heavy atom. The van der Waals surface area contributed by atoms with E-state index >= 15 is 0 Å². The number of carboxylic acid groups (broad SMARTS) is 1. The van der Waals surface area contributed by atoms with Crippen LogP contribution >= 0.6 is 0 Å². The van der Waals surface area contributed by atoms with Gasteiger partial charge >= 0.3 is 11.9 Å². The van der Waals surface area contributed by atoms with Crippen molar-refractivity contribution in [3.8, 4) is 45.2 Å². The summed E-state index contributed by atoms with van der Waals surface area (Å²) in [5.74, 6) is -0.995. The number of aromatic amines is 1. The molecule has 0 aliphatic carbocycles. The molecule has 2 heterocycles. The van der Waals surface area contributed by atoms with Crippen molar-refractivity contribution >= 4 is 30.0 Å². The van der Waals surface area contributed by atoms with Gasteiger partial charge in [-0.05, 0) is 36.6 Å². The van der Waals surface area contributed by atoms with Gasteiger partial charge in [0.05, 0.1) is 18.0 Å². The van der Waals surface area contributed by atoms with Crippen molar-refractivity contribution < 1.29 is 28.8 Å². The number of nitrogens with one attached hydrogen (secondary N) is 2. The third-order valence-electron chi connectivity index (χ3n) is 10.2. The summed E-state index contributed by atoms with van der Waals surface area (Å²) in [5.41, 5.74) is 7.02. The number of aromatic nitrogens is 3. The van der Waals surface area contributed by atoms with Crippen LogP contribution < -0.4 is 5.32 Å². The molecule has 3 aromatic carbocycles. The smallest absolute Gasteiger partial charge is 0.377 e. The Kier molecular flexibility index (Phi) is 17.9. The van der Waals surface area contributed by atoms with E-state index in [0.29, 0.717) is 18.1 Å². The molecule has 3 N–H and O–H groups in total. The summed E-state index contributed by atoms with van der Waals surface area (Å²) in [6, 6.07) is 24.6. The number of aliphatic carboxylic acids is 1. The summed E-state index contributed by atoms with van der Waals surface area (Å²) < 4.78 is 10.2. The highest BCUT2D eigenvalue weighted by Gasteiger charge is 2.18. The van der Waals surface area contributed by atoms with Crippen LogP contribution in [0.2, 0.25) is 0 Å². The second-order valence-electron chi connectivity index (χ2n) is 14.8. The highest BCUT2D eigenvalue weighted by molar-refractivity contribution is 5.92. The Balaban J connectivity index is 1.16. The maximum absolute atomic E-state index is 12.6. The summed E-state index contributed by atoms with van der Waals surface area (Å²) in [7, 11) is 0. The molecule has 0 saturated heterocycles. The number of amides is 1. The largest absolute Gasteiger partial charge is 0.478 e. The molecule has 0 saturated carbocycles. The zero-order chi connectivity index (χ0) is 41.7. The third-order valence-corrected chi connectivity index (χ3v) is 10.2. The number of esters is 1. The van der Waals surface area contributed by atoms with Gasteiger partial charge in [0.2, 0.25) is 11.7 Å². The molecule has 0 aliphatic rings. The fourth-order valence-corrected chi connectivity index (χ4v) is 6.88. The monoisotopic (exact) mass is 798 g/mol. The first kappa shape index (κ1) is 44.1. The number of H-pyrrole nitrogens is 1.